The summed E-state index contributed by atoms with van der Waals surface area (Å²) in [7, 11) is 0. The normalized spacial score (nSPS) is 29.6. The zero-order valence-corrected chi connectivity index (χ0v) is 12.9. The second kappa shape index (κ2) is 6.58. The van der Waals surface area contributed by atoms with Crippen LogP contribution in [-0.2, 0) is 14.3 Å². The van der Waals surface area contributed by atoms with E-state index in [2.05, 4.69) is 5.32 Å². The van der Waals surface area contributed by atoms with Gasteiger partial charge in [0.05, 0.1) is 11.5 Å². The Hall–Kier alpha value is -2.08. The largest absolute Gasteiger partial charge is 0.484 e. The summed E-state index contributed by atoms with van der Waals surface area (Å²) < 4.78 is 11.2. The topological polar surface area (TPSA) is 84.9 Å². The molecule has 6 nitrogen and oxygen atoms in total. The Labute approximate surface area is 134 Å². The first-order valence-corrected chi connectivity index (χ1v) is 7.90. The van der Waals surface area contributed by atoms with Crippen molar-refractivity contribution in [3.63, 3.8) is 0 Å². The van der Waals surface area contributed by atoms with Gasteiger partial charge in [0.25, 0.3) is 5.91 Å². The van der Waals surface area contributed by atoms with Crippen molar-refractivity contribution in [1.82, 2.24) is 5.32 Å². The van der Waals surface area contributed by atoms with E-state index in [0.29, 0.717) is 31.6 Å². The summed E-state index contributed by atoms with van der Waals surface area (Å²) in [6.45, 7) is 0.531. The summed E-state index contributed by atoms with van der Waals surface area (Å²) in [6.07, 6.45) is 2.49. The smallest absolute Gasteiger partial charge is 0.306 e. The van der Waals surface area contributed by atoms with Gasteiger partial charge >= 0.3 is 5.97 Å². The quantitative estimate of drug-likeness (QED) is 0.861. The van der Waals surface area contributed by atoms with Gasteiger partial charge in [-0.15, -0.1) is 0 Å². The molecule has 1 atom stereocenters. The van der Waals surface area contributed by atoms with Crippen LogP contribution in [0.25, 0.3) is 0 Å². The molecule has 1 saturated heterocycles. The first-order chi connectivity index (χ1) is 11.1. The minimum atomic E-state index is -0.762. The van der Waals surface area contributed by atoms with Crippen LogP contribution < -0.4 is 10.1 Å². The highest BCUT2D eigenvalue weighted by Gasteiger charge is 2.51. The number of benzene rings is 1. The third-order valence-corrected chi connectivity index (χ3v) is 4.56. The highest BCUT2D eigenvalue weighted by molar-refractivity contribution is 5.78. The summed E-state index contributed by atoms with van der Waals surface area (Å²) in [5, 5.41) is 12.0. The fourth-order valence-corrected chi connectivity index (χ4v) is 3.38. The number of aliphatic carboxylic acids is 1. The predicted octanol–water partition coefficient (Wildman–Crippen LogP) is 1.59. The molecule has 1 aliphatic heterocycles. The summed E-state index contributed by atoms with van der Waals surface area (Å²) in [4.78, 5) is 22.9. The molecule has 6 heteroatoms. The number of carboxylic acids is 1. The van der Waals surface area contributed by atoms with E-state index in [1.807, 2.05) is 18.2 Å². The minimum Gasteiger partial charge on any atom is -0.484 e. The Kier molecular flexibility index (Phi) is 4.52. The van der Waals surface area contributed by atoms with Crippen molar-refractivity contribution in [2.45, 2.75) is 37.3 Å². The maximum Gasteiger partial charge on any atom is 0.306 e. The van der Waals surface area contributed by atoms with Gasteiger partial charge in [-0.25, -0.2) is 0 Å². The van der Waals surface area contributed by atoms with Gasteiger partial charge in [0, 0.05) is 12.6 Å². The van der Waals surface area contributed by atoms with E-state index in [-0.39, 0.29) is 30.1 Å². The predicted molar refractivity (Wildman–Crippen MR) is 82.1 cm³/mol. The zero-order chi connectivity index (χ0) is 16.3. The number of hydrogen-bond donors (Lipinski definition) is 2. The number of nitrogens with one attached hydrogen (secondary N) is 1. The second-order valence-corrected chi connectivity index (χ2v) is 6.33. The van der Waals surface area contributed by atoms with E-state index >= 15 is 0 Å². The number of hydrogen-bond acceptors (Lipinski definition) is 4. The van der Waals surface area contributed by atoms with Crippen LogP contribution in [0.5, 0.6) is 5.75 Å². The first-order valence-electron chi connectivity index (χ1n) is 7.90. The molecule has 1 saturated carbocycles. The van der Waals surface area contributed by atoms with Crippen molar-refractivity contribution in [2.24, 2.45) is 5.92 Å². The van der Waals surface area contributed by atoms with Crippen molar-refractivity contribution >= 4 is 11.9 Å². The highest BCUT2D eigenvalue weighted by Crippen LogP contribution is 2.46. The lowest BCUT2D eigenvalue weighted by Gasteiger charge is -2.50. The van der Waals surface area contributed by atoms with Crippen LogP contribution in [0.2, 0.25) is 0 Å². The lowest BCUT2D eigenvalue weighted by atomic mass is 9.66. The Morgan fingerprint density at radius 2 is 2.00 bits per heavy atom. The van der Waals surface area contributed by atoms with E-state index in [0.717, 1.165) is 6.42 Å². The molecule has 0 bridgehead atoms. The molecular formula is C17H21NO5. The van der Waals surface area contributed by atoms with Crippen LogP contribution in [0, 0.1) is 5.92 Å². The molecule has 1 unspecified atom stereocenters. The molecule has 124 valence electrons. The van der Waals surface area contributed by atoms with Crippen molar-refractivity contribution in [3.8, 4) is 5.75 Å². The monoisotopic (exact) mass is 319 g/mol. The van der Waals surface area contributed by atoms with E-state index in [9.17, 15) is 9.59 Å². The van der Waals surface area contributed by atoms with Gasteiger partial charge in [-0.1, -0.05) is 18.2 Å². The average Bonchev–Trinajstić information content (AvgIpc) is 2.51. The lowest BCUT2D eigenvalue weighted by Crippen LogP contribution is -2.56. The van der Waals surface area contributed by atoms with Gasteiger partial charge in [0.1, 0.15) is 5.75 Å². The molecule has 3 rings (SSSR count). The molecule has 0 aromatic heterocycles. The molecule has 0 radical (unpaired) electrons. The van der Waals surface area contributed by atoms with Gasteiger partial charge in [0.15, 0.2) is 6.61 Å². The molecule has 2 fully saturated rings. The number of carbonyl (C=O) groups excluding carboxylic acids is 1. The van der Waals surface area contributed by atoms with Crippen molar-refractivity contribution in [2.75, 3.05) is 13.2 Å². The van der Waals surface area contributed by atoms with E-state index in [1.54, 1.807) is 12.1 Å². The third kappa shape index (κ3) is 3.82. The summed E-state index contributed by atoms with van der Waals surface area (Å²) in [6, 6.07) is 9.21. The van der Waals surface area contributed by atoms with Gasteiger partial charge in [-0.2, -0.15) is 0 Å². The standard InChI is InChI=1S/C17H21NO5/c19-15(11-22-14-4-2-1-3-5-14)18-13-6-7-23-17(10-13)8-12(9-17)16(20)21/h1-5,12-13H,6-11H2,(H,18,19)(H,20,21). The Balaban J connectivity index is 1.45. The number of ether oxygens (including phenoxy) is 2. The average molecular weight is 319 g/mol. The van der Waals surface area contributed by atoms with E-state index in [4.69, 9.17) is 14.6 Å². The van der Waals surface area contributed by atoms with Crippen molar-refractivity contribution < 1.29 is 24.2 Å². The molecule has 23 heavy (non-hydrogen) atoms. The molecule has 1 heterocycles. The van der Waals surface area contributed by atoms with Crippen LogP contribution in [0.3, 0.4) is 0 Å². The molecule has 1 aromatic rings. The summed E-state index contributed by atoms with van der Waals surface area (Å²) in [5.74, 6) is -0.577. The number of amides is 1. The van der Waals surface area contributed by atoms with Gasteiger partial charge in [-0.05, 0) is 37.8 Å². The number of carbonyl (C=O) groups is 2. The molecule has 2 N–H and O–H groups in total. The second-order valence-electron chi connectivity index (χ2n) is 6.33. The minimum absolute atomic E-state index is 0.0189. The lowest BCUT2D eigenvalue weighted by molar-refractivity contribution is -0.182. The first kappa shape index (κ1) is 15.8. The maximum atomic E-state index is 12.0. The molecule has 1 amide bonds. The summed E-state index contributed by atoms with van der Waals surface area (Å²) in [5.41, 5.74) is -0.362. The zero-order valence-electron chi connectivity index (χ0n) is 12.9. The Morgan fingerprint density at radius 3 is 2.70 bits per heavy atom. The molecule has 1 spiro atoms. The van der Waals surface area contributed by atoms with Crippen LogP contribution in [0.4, 0.5) is 0 Å². The fraction of sp³-hybridized carbons (Fsp3) is 0.529. The van der Waals surface area contributed by atoms with E-state index in [1.165, 1.54) is 0 Å². The third-order valence-electron chi connectivity index (χ3n) is 4.56. The van der Waals surface area contributed by atoms with Gasteiger partial charge in [-0.3, -0.25) is 9.59 Å². The highest BCUT2D eigenvalue weighted by atomic mass is 16.5. The maximum absolute atomic E-state index is 12.0. The van der Waals surface area contributed by atoms with Gasteiger partial charge < -0.3 is 19.9 Å². The number of para-hydroxylation sites is 1. The molecule has 2 aliphatic rings. The SMILES string of the molecule is O=C(COc1ccccc1)NC1CCOC2(C1)CC(C(=O)O)C2. The molecular weight excluding hydrogens is 298 g/mol. The van der Waals surface area contributed by atoms with Crippen molar-refractivity contribution in [3.05, 3.63) is 30.3 Å². The van der Waals surface area contributed by atoms with Crippen LogP contribution >= 0.6 is 0 Å². The van der Waals surface area contributed by atoms with Crippen molar-refractivity contribution in [1.29, 1.82) is 0 Å². The molecule has 1 aromatic carbocycles. The Bertz CT molecular complexity index is 568. The fourth-order valence-electron chi connectivity index (χ4n) is 3.38. The van der Waals surface area contributed by atoms with Crippen LogP contribution in [0.15, 0.2) is 30.3 Å². The number of carboxylic acid groups (broad SMARTS) is 1. The molecule has 1 aliphatic carbocycles. The number of rotatable bonds is 5. The van der Waals surface area contributed by atoms with Gasteiger partial charge in [0.2, 0.25) is 0 Å². The Morgan fingerprint density at radius 1 is 1.26 bits per heavy atom. The van der Waals surface area contributed by atoms with Crippen LogP contribution in [-0.4, -0.2) is 41.8 Å². The van der Waals surface area contributed by atoms with Crippen LogP contribution in [0.1, 0.15) is 25.7 Å². The van der Waals surface area contributed by atoms with E-state index < -0.39 is 5.97 Å². The summed E-state index contributed by atoms with van der Waals surface area (Å²) >= 11 is 0.